The number of aromatic hydroxyl groups is 1. The number of aliphatic imine (C=N–C) groups is 1. The summed E-state index contributed by atoms with van der Waals surface area (Å²) in [6, 6.07) is 10.6. The van der Waals surface area contributed by atoms with Gasteiger partial charge in [-0.1, -0.05) is 6.92 Å². The maximum Gasteiger partial charge on any atom is 0.242 e. The zero-order valence-electron chi connectivity index (χ0n) is 20.3. The van der Waals surface area contributed by atoms with Crippen LogP contribution in [0.25, 0.3) is 10.9 Å². The summed E-state index contributed by atoms with van der Waals surface area (Å²) in [4.78, 5) is 34.8. The summed E-state index contributed by atoms with van der Waals surface area (Å²) in [7, 11) is 6.41. The molecule has 0 aliphatic heterocycles. The highest BCUT2D eigenvalue weighted by Gasteiger charge is 2.20. The average Bonchev–Trinajstić information content (AvgIpc) is 3.14. The van der Waals surface area contributed by atoms with Crippen molar-refractivity contribution in [2.24, 2.45) is 4.99 Å². The molecule has 0 aliphatic rings. The zero-order valence-corrected chi connectivity index (χ0v) is 20.3. The number of carbonyl (C=O) groups excluding carboxylic acids is 2. The van der Waals surface area contributed by atoms with Crippen LogP contribution in [-0.4, -0.2) is 67.4 Å². The molecule has 0 fully saturated rings. The Labute approximate surface area is 198 Å². The van der Waals surface area contributed by atoms with Crippen molar-refractivity contribution in [3.8, 4) is 17.4 Å². The van der Waals surface area contributed by atoms with Crippen LogP contribution in [-0.2, 0) is 9.59 Å². The van der Waals surface area contributed by atoms with Gasteiger partial charge in [-0.15, -0.1) is 0 Å². The fourth-order valence-electron chi connectivity index (χ4n) is 3.63. The van der Waals surface area contributed by atoms with Crippen molar-refractivity contribution in [2.75, 3.05) is 39.8 Å². The molecule has 2 aromatic carbocycles. The first-order chi connectivity index (χ1) is 16.2. The van der Waals surface area contributed by atoms with Crippen molar-refractivity contribution in [1.82, 2.24) is 9.88 Å². The number of fused-ring (bicyclic) bond motifs is 1. The van der Waals surface area contributed by atoms with Crippen LogP contribution in [0.4, 0.5) is 11.4 Å². The van der Waals surface area contributed by atoms with Gasteiger partial charge < -0.3 is 29.4 Å². The zero-order chi connectivity index (χ0) is 25.0. The van der Waals surface area contributed by atoms with E-state index in [0.717, 1.165) is 5.39 Å². The van der Waals surface area contributed by atoms with Gasteiger partial charge in [0.15, 0.2) is 17.4 Å². The van der Waals surface area contributed by atoms with Crippen LogP contribution in [0.2, 0.25) is 0 Å². The number of nitrogens with one attached hydrogen (secondary N) is 1. The molecule has 0 spiro atoms. The molecule has 0 saturated carbocycles. The normalized spacial score (nSPS) is 11.4. The van der Waals surface area contributed by atoms with E-state index in [1.54, 1.807) is 64.7 Å². The lowest BCUT2D eigenvalue weighted by Crippen LogP contribution is -2.39. The molecule has 0 atom stereocenters. The highest BCUT2D eigenvalue weighted by Crippen LogP contribution is 2.37. The summed E-state index contributed by atoms with van der Waals surface area (Å²) in [5, 5.41) is 11.4. The molecule has 2 amide bonds. The molecule has 0 aliphatic carbocycles. The standard InChI is InChI=1S/C25H30N4O5/c1-7-19(24-18-12-21(33-5)22(34-6)13-20(18)27-25(24)32)26-16-8-10-17(11-9-16)29(15(2)30)14-23(31)28(3)4/h8-13,27,32H,7,14H2,1-6H3. The summed E-state index contributed by atoms with van der Waals surface area (Å²) < 4.78 is 10.8. The van der Waals surface area contributed by atoms with Gasteiger partial charge in [-0.2, -0.15) is 0 Å². The summed E-state index contributed by atoms with van der Waals surface area (Å²) in [5.41, 5.74) is 3.22. The van der Waals surface area contributed by atoms with Gasteiger partial charge >= 0.3 is 0 Å². The molecule has 180 valence electrons. The number of aromatic amines is 1. The Morgan fingerprint density at radius 1 is 1.06 bits per heavy atom. The lowest BCUT2D eigenvalue weighted by Gasteiger charge is -2.22. The number of aromatic nitrogens is 1. The first-order valence-corrected chi connectivity index (χ1v) is 10.8. The van der Waals surface area contributed by atoms with Crippen molar-refractivity contribution < 1.29 is 24.2 Å². The van der Waals surface area contributed by atoms with E-state index in [1.165, 1.54) is 16.7 Å². The number of likely N-dealkylation sites (N-methyl/N-ethyl adjacent to an activating group) is 1. The third-order valence-corrected chi connectivity index (χ3v) is 5.50. The largest absolute Gasteiger partial charge is 0.494 e. The highest BCUT2D eigenvalue weighted by atomic mass is 16.5. The molecule has 3 rings (SSSR count). The Kier molecular flexibility index (Phi) is 7.45. The fourth-order valence-corrected chi connectivity index (χ4v) is 3.63. The molecule has 0 saturated heterocycles. The Morgan fingerprint density at radius 3 is 2.21 bits per heavy atom. The second-order valence-electron chi connectivity index (χ2n) is 7.92. The maximum atomic E-state index is 12.1. The van der Waals surface area contributed by atoms with E-state index < -0.39 is 0 Å². The van der Waals surface area contributed by atoms with Crippen LogP contribution in [0.3, 0.4) is 0 Å². The Hall–Kier alpha value is -4.01. The van der Waals surface area contributed by atoms with Gasteiger partial charge in [-0.3, -0.25) is 14.6 Å². The minimum atomic E-state index is -0.228. The number of rotatable bonds is 8. The first kappa shape index (κ1) is 24.6. The third kappa shape index (κ3) is 4.98. The van der Waals surface area contributed by atoms with Gasteiger partial charge in [0.05, 0.1) is 36.7 Å². The van der Waals surface area contributed by atoms with Crippen LogP contribution in [0.1, 0.15) is 25.8 Å². The molecular weight excluding hydrogens is 436 g/mol. The molecule has 2 N–H and O–H groups in total. The monoisotopic (exact) mass is 466 g/mol. The van der Waals surface area contributed by atoms with Crippen LogP contribution >= 0.6 is 0 Å². The van der Waals surface area contributed by atoms with Gasteiger partial charge in [0, 0.05) is 38.2 Å². The summed E-state index contributed by atoms with van der Waals surface area (Å²) >= 11 is 0. The highest BCUT2D eigenvalue weighted by molar-refractivity contribution is 6.14. The minimum absolute atomic E-state index is 0.00692. The maximum absolute atomic E-state index is 12.1. The van der Waals surface area contributed by atoms with Crippen molar-refractivity contribution in [1.29, 1.82) is 0 Å². The van der Waals surface area contributed by atoms with E-state index in [-0.39, 0.29) is 24.2 Å². The number of benzene rings is 2. The lowest BCUT2D eigenvalue weighted by atomic mass is 10.1. The van der Waals surface area contributed by atoms with E-state index in [0.29, 0.717) is 46.1 Å². The quantitative estimate of drug-likeness (QED) is 0.490. The predicted molar refractivity (Wildman–Crippen MR) is 133 cm³/mol. The summed E-state index contributed by atoms with van der Waals surface area (Å²) in [6.45, 7) is 3.34. The van der Waals surface area contributed by atoms with Crippen LogP contribution in [0.15, 0.2) is 41.4 Å². The van der Waals surface area contributed by atoms with Gasteiger partial charge in [0.25, 0.3) is 0 Å². The Balaban J connectivity index is 1.99. The minimum Gasteiger partial charge on any atom is -0.494 e. The Bertz CT molecular complexity index is 1230. The van der Waals surface area contributed by atoms with Crippen molar-refractivity contribution in [3.63, 3.8) is 0 Å². The molecule has 9 heteroatoms. The van der Waals surface area contributed by atoms with E-state index in [9.17, 15) is 14.7 Å². The topological polar surface area (TPSA) is 107 Å². The van der Waals surface area contributed by atoms with E-state index >= 15 is 0 Å². The fraction of sp³-hybridized carbons (Fsp3) is 0.320. The molecular formula is C25H30N4O5. The Morgan fingerprint density at radius 2 is 1.68 bits per heavy atom. The second-order valence-corrected chi connectivity index (χ2v) is 7.92. The summed E-state index contributed by atoms with van der Waals surface area (Å²) in [5.74, 6) is 0.705. The van der Waals surface area contributed by atoms with Gasteiger partial charge in [0.1, 0.15) is 6.54 Å². The van der Waals surface area contributed by atoms with Crippen LogP contribution in [0.5, 0.6) is 17.4 Å². The first-order valence-electron chi connectivity index (χ1n) is 10.8. The van der Waals surface area contributed by atoms with Crippen LogP contribution < -0.4 is 14.4 Å². The van der Waals surface area contributed by atoms with E-state index in [2.05, 4.69) is 4.98 Å². The molecule has 3 aromatic rings. The molecule has 0 radical (unpaired) electrons. The summed E-state index contributed by atoms with van der Waals surface area (Å²) in [6.07, 6.45) is 0.563. The van der Waals surface area contributed by atoms with Crippen molar-refractivity contribution in [3.05, 3.63) is 42.0 Å². The average molecular weight is 467 g/mol. The lowest BCUT2D eigenvalue weighted by molar-refractivity contribution is -0.129. The van der Waals surface area contributed by atoms with Gasteiger partial charge in [-0.05, 0) is 36.8 Å². The molecule has 34 heavy (non-hydrogen) atoms. The molecule has 0 bridgehead atoms. The van der Waals surface area contributed by atoms with E-state index in [1.807, 2.05) is 6.92 Å². The van der Waals surface area contributed by atoms with Gasteiger partial charge in [-0.25, -0.2) is 0 Å². The number of amides is 2. The number of hydrogen-bond donors (Lipinski definition) is 2. The van der Waals surface area contributed by atoms with Crippen LogP contribution in [0, 0.1) is 0 Å². The molecule has 0 unspecified atom stereocenters. The molecule has 9 nitrogen and oxygen atoms in total. The number of carbonyl (C=O) groups is 2. The number of ether oxygens (including phenoxy) is 2. The van der Waals surface area contributed by atoms with Gasteiger partial charge in [0.2, 0.25) is 11.8 Å². The predicted octanol–water partition coefficient (Wildman–Crippen LogP) is 3.86. The van der Waals surface area contributed by atoms with Crippen molar-refractivity contribution >= 4 is 39.8 Å². The third-order valence-electron chi connectivity index (χ3n) is 5.50. The number of hydrogen-bond acceptors (Lipinski definition) is 6. The molecule has 1 heterocycles. The number of methoxy groups -OCH3 is 2. The van der Waals surface area contributed by atoms with E-state index in [4.69, 9.17) is 14.5 Å². The number of anilines is 1. The second kappa shape index (κ2) is 10.3. The number of nitrogens with zero attached hydrogens (tertiary/aromatic N) is 3. The smallest absolute Gasteiger partial charge is 0.242 e. The number of H-pyrrole nitrogens is 1. The SMILES string of the molecule is CCC(=Nc1ccc(N(CC(=O)N(C)C)C(C)=O)cc1)c1c(O)[nH]c2cc(OC)c(OC)cc12. The molecule has 1 aromatic heterocycles. The van der Waals surface area contributed by atoms with Crippen molar-refractivity contribution in [2.45, 2.75) is 20.3 Å².